The van der Waals surface area contributed by atoms with Gasteiger partial charge in [-0.15, -0.1) is 0 Å². The van der Waals surface area contributed by atoms with E-state index in [9.17, 15) is 4.79 Å². The highest BCUT2D eigenvalue weighted by atomic mass is 16.1. The number of quaternary nitrogens is 1. The second-order valence-corrected chi connectivity index (χ2v) is 9.77. The van der Waals surface area contributed by atoms with E-state index in [1.807, 2.05) is 0 Å². The van der Waals surface area contributed by atoms with Crippen LogP contribution in [0.4, 0.5) is 0 Å². The summed E-state index contributed by atoms with van der Waals surface area (Å²) in [4.78, 5) is 15.9. The van der Waals surface area contributed by atoms with Crippen molar-refractivity contribution in [2.75, 3.05) is 32.7 Å². The lowest BCUT2D eigenvalue weighted by atomic mass is 10.0. The van der Waals surface area contributed by atoms with Crippen molar-refractivity contribution < 1.29 is 9.28 Å². The summed E-state index contributed by atoms with van der Waals surface area (Å²) in [6.07, 6.45) is 27.0. The lowest BCUT2D eigenvalue weighted by Gasteiger charge is -2.32. The van der Waals surface area contributed by atoms with Gasteiger partial charge in [0.15, 0.2) is 0 Å². The largest absolute Gasteiger partial charge is 0.351 e. The maximum absolute atomic E-state index is 11.2. The third kappa shape index (κ3) is 13.4. The molecule has 0 fully saturated rings. The molecule has 4 heteroatoms. The minimum atomic E-state index is 0.0562. The molecule has 1 atom stereocenters. The maximum Gasteiger partial charge on any atom is 0.222 e. The van der Waals surface area contributed by atoms with Crippen molar-refractivity contribution in [1.82, 2.24) is 5.32 Å². The predicted octanol–water partition coefficient (Wildman–Crippen LogP) is 7.19. The third-order valence-corrected chi connectivity index (χ3v) is 7.05. The predicted molar refractivity (Wildman–Crippen MR) is 140 cm³/mol. The fourth-order valence-corrected chi connectivity index (χ4v) is 4.80. The topological polar surface area (TPSA) is 41.5 Å². The number of carbonyl (C=O) groups excluding carboxylic acids is 1. The number of likely N-dealkylation sites (N-methyl/N-ethyl adjacent to an activating group) is 1. The Morgan fingerprint density at radius 3 is 1.91 bits per heavy atom. The normalized spacial score (nSPS) is 18.4. The van der Waals surface area contributed by atoms with Crippen molar-refractivity contribution >= 4 is 11.7 Å². The van der Waals surface area contributed by atoms with Crippen molar-refractivity contribution in [1.29, 1.82) is 0 Å². The summed E-state index contributed by atoms with van der Waals surface area (Å²) in [5, 5.41) is 2.94. The first kappa shape index (κ1) is 28.9. The van der Waals surface area contributed by atoms with E-state index in [4.69, 9.17) is 4.99 Å². The summed E-state index contributed by atoms with van der Waals surface area (Å²) in [6, 6.07) is 0. The van der Waals surface area contributed by atoms with E-state index in [2.05, 4.69) is 31.3 Å². The summed E-state index contributed by atoms with van der Waals surface area (Å²) < 4.78 is 0.912. The van der Waals surface area contributed by atoms with E-state index in [1.54, 1.807) is 6.92 Å². The van der Waals surface area contributed by atoms with Crippen LogP contribution in [0, 0.1) is 0 Å². The van der Waals surface area contributed by atoms with Crippen molar-refractivity contribution in [3.8, 4) is 0 Å². The number of nitrogens with one attached hydrogen (secondary N) is 1. The quantitative estimate of drug-likeness (QED) is 0.146. The van der Waals surface area contributed by atoms with Gasteiger partial charge in [0.2, 0.25) is 11.7 Å². The molecule has 1 heterocycles. The smallest absolute Gasteiger partial charge is 0.222 e. The number of rotatable bonds is 21. The number of allylic oxidation sites excluding steroid dienone is 1. The number of aliphatic imine (C=N–C) groups is 1. The average Bonchev–Trinajstić information content (AvgIpc) is 3.18. The van der Waals surface area contributed by atoms with Gasteiger partial charge in [-0.25, -0.2) is 4.99 Å². The Kier molecular flexibility index (Phi) is 17.4. The number of nitrogens with zero attached hydrogens (tertiary/aromatic N) is 2. The van der Waals surface area contributed by atoms with E-state index in [1.165, 1.54) is 102 Å². The minimum absolute atomic E-state index is 0.0562. The molecule has 0 aliphatic carbocycles. The van der Waals surface area contributed by atoms with Crippen molar-refractivity contribution in [3.63, 3.8) is 0 Å². The van der Waals surface area contributed by atoms with Crippen LogP contribution in [-0.4, -0.2) is 48.9 Å². The number of hydrogen-bond acceptors (Lipinski definition) is 2. The molecule has 1 amide bonds. The molecule has 0 spiro atoms. The Morgan fingerprint density at radius 1 is 0.875 bits per heavy atom. The fourth-order valence-electron chi connectivity index (χ4n) is 4.80. The summed E-state index contributed by atoms with van der Waals surface area (Å²) >= 11 is 0. The van der Waals surface area contributed by atoms with Gasteiger partial charge in [0.1, 0.15) is 13.1 Å². The Bertz CT molecular complexity index is 529. The standard InChI is InChI=1S/C28H53N3O/c1-4-6-7-8-9-10-11-12-13-14-15-16-17-18-19-20-21-22-28-30-24-26-31(28,5-2)25-23-29-27(3)32/h21-22H,4-20,23-26H2,1-3H3/p+1/b22-21+. The van der Waals surface area contributed by atoms with Crippen molar-refractivity contribution in [3.05, 3.63) is 12.2 Å². The first-order chi connectivity index (χ1) is 15.6. The van der Waals surface area contributed by atoms with E-state index >= 15 is 0 Å². The Hall–Kier alpha value is -1.16. The van der Waals surface area contributed by atoms with Gasteiger partial charge in [-0.05, 0) is 19.8 Å². The molecule has 1 aliphatic heterocycles. The molecule has 186 valence electrons. The summed E-state index contributed by atoms with van der Waals surface area (Å²) in [6.45, 7) is 10.8. The Labute approximate surface area is 199 Å². The Morgan fingerprint density at radius 2 is 1.41 bits per heavy atom. The highest BCUT2D eigenvalue weighted by molar-refractivity contribution is 5.88. The van der Waals surface area contributed by atoms with Gasteiger partial charge in [-0.1, -0.05) is 103 Å². The molecule has 4 nitrogen and oxygen atoms in total. The van der Waals surface area contributed by atoms with Gasteiger partial charge >= 0.3 is 0 Å². The molecule has 0 saturated heterocycles. The maximum atomic E-state index is 11.2. The van der Waals surface area contributed by atoms with E-state index in [0.717, 1.165) is 43.6 Å². The highest BCUT2D eigenvalue weighted by Gasteiger charge is 2.34. The van der Waals surface area contributed by atoms with E-state index in [0.29, 0.717) is 0 Å². The lowest BCUT2D eigenvalue weighted by molar-refractivity contribution is -0.830. The number of amidine groups is 1. The highest BCUT2D eigenvalue weighted by Crippen LogP contribution is 2.17. The van der Waals surface area contributed by atoms with Gasteiger partial charge in [0.25, 0.3) is 0 Å². The van der Waals surface area contributed by atoms with Crippen LogP contribution in [-0.2, 0) is 4.79 Å². The van der Waals surface area contributed by atoms with Crippen molar-refractivity contribution in [2.24, 2.45) is 4.99 Å². The van der Waals surface area contributed by atoms with Crippen LogP contribution < -0.4 is 5.32 Å². The van der Waals surface area contributed by atoms with Gasteiger partial charge in [-0.3, -0.25) is 9.28 Å². The van der Waals surface area contributed by atoms with Gasteiger partial charge in [-0.2, -0.15) is 0 Å². The first-order valence-electron chi connectivity index (χ1n) is 14.0. The second kappa shape index (κ2) is 19.3. The zero-order valence-electron chi connectivity index (χ0n) is 21.8. The lowest BCUT2D eigenvalue weighted by Crippen LogP contribution is -2.53. The monoisotopic (exact) mass is 448 g/mol. The average molecular weight is 449 g/mol. The third-order valence-electron chi connectivity index (χ3n) is 7.05. The number of carbonyl (C=O) groups is 1. The van der Waals surface area contributed by atoms with Crippen LogP contribution in [0.2, 0.25) is 0 Å². The number of hydrogen-bond donors (Lipinski definition) is 1. The molecule has 1 unspecified atom stereocenters. The molecule has 1 aliphatic rings. The minimum Gasteiger partial charge on any atom is -0.351 e. The van der Waals surface area contributed by atoms with Crippen LogP contribution in [0.5, 0.6) is 0 Å². The molecule has 1 rings (SSSR count). The van der Waals surface area contributed by atoms with Crippen LogP contribution in [0.1, 0.15) is 124 Å². The zero-order chi connectivity index (χ0) is 23.3. The molecular formula is C28H54N3O+. The number of unbranched alkanes of at least 4 members (excludes halogenated alkanes) is 15. The first-order valence-corrected chi connectivity index (χ1v) is 14.0. The SMILES string of the molecule is CCCCCCCCCCCCCCCCC/C=C/C1=NCC[N+]1(CC)CCNC(C)=O. The summed E-state index contributed by atoms with van der Waals surface area (Å²) in [7, 11) is 0. The molecule has 0 radical (unpaired) electrons. The molecule has 1 N–H and O–H groups in total. The Balaban J connectivity index is 1.98. The zero-order valence-corrected chi connectivity index (χ0v) is 21.8. The number of amides is 1. The van der Waals surface area contributed by atoms with E-state index in [-0.39, 0.29) is 5.91 Å². The van der Waals surface area contributed by atoms with Crippen molar-refractivity contribution in [2.45, 2.75) is 124 Å². The van der Waals surface area contributed by atoms with Crippen LogP contribution in [0.25, 0.3) is 0 Å². The molecule has 0 bridgehead atoms. The molecular weight excluding hydrogens is 394 g/mol. The van der Waals surface area contributed by atoms with Gasteiger partial charge in [0, 0.05) is 13.0 Å². The fraction of sp³-hybridized carbons (Fsp3) is 0.857. The van der Waals surface area contributed by atoms with Crippen LogP contribution in [0.3, 0.4) is 0 Å². The molecule has 0 aromatic carbocycles. The molecule has 0 aromatic rings. The van der Waals surface area contributed by atoms with E-state index < -0.39 is 0 Å². The van der Waals surface area contributed by atoms with Crippen LogP contribution in [0.15, 0.2) is 17.1 Å². The second-order valence-electron chi connectivity index (χ2n) is 9.77. The van der Waals surface area contributed by atoms with Gasteiger partial charge in [0.05, 0.1) is 19.6 Å². The summed E-state index contributed by atoms with van der Waals surface area (Å²) in [5.74, 6) is 1.26. The molecule has 0 aromatic heterocycles. The van der Waals surface area contributed by atoms with Gasteiger partial charge < -0.3 is 5.32 Å². The molecule has 32 heavy (non-hydrogen) atoms. The molecule has 0 saturated carbocycles. The summed E-state index contributed by atoms with van der Waals surface area (Å²) in [5.41, 5.74) is 0. The van der Waals surface area contributed by atoms with Crippen LogP contribution >= 0.6 is 0 Å².